The van der Waals surface area contributed by atoms with Gasteiger partial charge in [0.2, 0.25) is 0 Å². The Bertz CT molecular complexity index is 474. The van der Waals surface area contributed by atoms with Gasteiger partial charge in [0.1, 0.15) is 5.82 Å². The number of carbonyl (C=O) groups is 1. The molecular weight excluding hydrogens is 227 g/mol. The fourth-order valence-corrected chi connectivity index (χ4v) is 2.39. The molecule has 0 spiro atoms. The van der Waals surface area contributed by atoms with E-state index in [1.165, 1.54) is 12.8 Å². The van der Waals surface area contributed by atoms with Crippen molar-refractivity contribution in [3.63, 3.8) is 0 Å². The largest absolute Gasteiger partial charge is 0.289 e. The van der Waals surface area contributed by atoms with Gasteiger partial charge in [0.25, 0.3) is 0 Å². The molecule has 0 amide bonds. The molecule has 0 bridgehead atoms. The SMILES string of the molecule is Cc1cccc(C(=O)/C2=C/CCCCCC2)c1F. The Morgan fingerprint density at radius 3 is 2.78 bits per heavy atom. The zero-order chi connectivity index (χ0) is 13.0. The van der Waals surface area contributed by atoms with Gasteiger partial charge >= 0.3 is 0 Å². The molecule has 96 valence electrons. The molecule has 1 aromatic rings. The maximum absolute atomic E-state index is 13.9. The van der Waals surface area contributed by atoms with Crippen molar-refractivity contribution in [2.24, 2.45) is 0 Å². The predicted molar refractivity (Wildman–Crippen MR) is 71.3 cm³/mol. The molecule has 2 rings (SSSR count). The van der Waals surface area contributed by atoms with Crippen LogP contribution in [0.3, 0.4) is 0 Å². The lowest BCUT2D eigenvalue weighted by atomic mass is 9.93. The Kier molecular flexibility index (Phi) is 4.29. The molecule has 1 aliphatic rings. The van der Waals surface area contributed by atoms with Crippen molar-refractivity contribution in [2.45, 2.75) is 45.4 Å². The van der Waals surface area contributed by atoms with Gasteiger partial charge < -0.3 is 0 Å². The number of halogens is 1. The van der Waals surface area contributed by atoms with Crippen LogP contribution in [0, 0.1) is 12.7 Å². The lowest BCUT2D eigenvalue weighted by Gasteiger charge is -2.11. The van der Waals surface area contributed by atoms with Crippen LogP contribution in [0.4, 0.5) is 4.39 Å². The average molecular weight is 246 g/mol. The van der Waals surface area contributed by atoms with Crippen molar-refractivity contribution in [1.82, 2.24) is 0 Å². The first-order valence-corrected chi connectivity index (χ1v) is 6.69. The van der Waals surface area contributed by atoms with Crippen molar-refractivity contribution in [3.8, 4) is 0 Å². The third-order valence-corrected chi connectivity index (χ3v) is 3.52. The number of benzene rings is 1. The second-order valence-corrected chi connectivity index (χ2v) is 4.95. The smallest absolute Gasteiger partial charge is 0.191 e. The van der Waals surface area contributed by atoms with Crippen molar-refractivity contribution in [1.29, 1.82) is 0 Å². The van der Waals surface area contributed by atoms with Gasteiger partial charge in [-0.05, 0) is 49.8 Å². The van der Waals surface area contributed by atoms with E-state index in [2.05, 4.69) is 0 Å². The molecule has 0 heterocycles. The first-order valence-electron chi connectivity index (χ1n) is 6.69. The molecule has 0 radical (unpaired) electrons. The molecular formula is C16H19FO. The summed E-state index contributed by atoms with van der Waals surface area (Å²) < 4.78 is 13.9. The van der Waals surface area contributed by atoms with E-state index in [1.54, 1.807) is 25.1 Å². The monoisotopic (exact) mass is 246 g/mol. The van der Waals surface area contributed by atoms with Gasteiger partial charge in [-0.3, -0.25) is 4.79 Å². The summed E-state index contributed by atoms with van der Waals surface area (Å²) in [6, 6.07) is 5.03. The number of hydrogen-bond acceptors (Lipinski definition) is 1. The number of carbonyl (C=O) groups excluding carboxylic acids is 1. The number of allylic oxidation sites excluding steroid dienone is 2. The van der Waals surface area contributed by atoms with Gasteiger partial charge in [0.05, 0.1) is 5.56 Å². The highest BCUT2D eigenvalue weighted by Gasteiger charge is 2.17. The fraction of sp³-hybridized carbons (Fsp3) is 0.438. The van der Waals surface area contributed by atoms with Crippen LogP contribution < -0.4 is 0 Å². The number of Topliss-reactive ketones (excluding diaryl/α,β-unsaturated/α-hetero) is 1. The van der Waals surface area contributed by atoms with Gasteiger partial charge in [0, 0.05) is 0 Å². The van der Waals surface area contributed by atoms with E-state index in [0.717, 1.165) is 31.3 Å². The van der Waals surface area contributed by atoms with Crippen molar-refractivity contribution >= 4 is 5.78 Å². The second-order valence-electron chi connectivity index (χ2n) is 4.95. The van der Waals surface area contributed by atoms with Crippen molar-refractivity contribution < 1.29 is 9.18 Å². The summed E-state index contributed by atoms with van der Waals surface area (Å²) in [7, 11) is 0. The summed E-state index contributed by atoms with van der Waals surface area (Å²) in [6.45, 7) is 1.69. The van der Waals surface area contributed by atoms with Gasteiger partial charge in [-0.1, -0.05) is 31.1 Å². The highest BCUT2D eigenvalue weighted by molar-refractivity contribution is 6.08. The lowest BCUT2D eigenvalue weighted by molar-refractivity contribution is 0.102. The average Bonchev–Trinajstić information content (AvgIpc) is 2.31. The summed E-state index contributed by atoms with van der Waals surface area (Å²) in [5.41, 5.74) is 1.55. The van der Waals surface area contributed by atoms with Crippen LogP contribution in [0.2, 0.25) is 0 Å². The van der Waals surface area contributed by atoms with E-state index < -0.39 is 0 Å². The highest BCUT2D eigenvalue weighted by Crippen LogP contribution is 2.22. The standard InChI is InChI=1S/C16H19FO/c1-12-8-7-11-14(15(12)17)16(18)13-9-5-3-2-4-6-10-13/h7-9,11H,2-6,10H2,1H3/b13-9+. The lowest BCUT2D eigenvalue weighted by Crippen LogP contribution is -2.08. The van der Waals surface area contributed by atoms with Crippen LogP contribution in [0.15, 0.2) is 29.8 Å². The van der Waals surface area contributed by atoms with Gasteiger partial charge in [-0.2, -0.15) is 0 Å². The van der Waals surface area contributed by atoms with Gasteiger partial charge in [0.15, 0.2) is 5.78 Å². The minimum Gasteiger partial charge on any atom is -0.289 e. The zero-order valence-electron chi connectivity index (χ0n) is 10.8. The zero-order valence-corrected chi connectivity index (χ0v) is 10.8. The highest BCUT2D eigenvalue weighted by atomic mass is 19.1. The molecule has 1 aromatic carbocycles. The number of rotatable bonds is 2. The minimum atomic E-state index is -0.370. The van der Waals surface area contributed by atoms with Crippen LogP contribution in [0.25, 0.3) is 0 Å². The van der Waals surface area contributed by atoms with Crippen LogP contribution in [0.1, 0.15) is 54.4 Å². The Labute approximate surface area is 108 Å². The van der Waals surface area contributed by atoms with E-state index >= 15 is 0 Å². The van der Waals surface area contributed by atoms with E-state index in [9.17, 15) is 9.18 Å². The Hall–Kier alpha value is -1.44. The topological polar surface area (TPSA) is 17.1 Å². The van der Waals surface area contributed by atoms with Crippen molar-refractivity contribution in [2.75, 3.05) is 0 Å². The van der Waals surface area contributed by atoms with Crippen LogP contribution in [-0.2, 0) is 0 Å². The summed E-state index contributed by atoms with van der Waals surface area (Å²) in [4.78, 5) is 12.3. The maximum atomic E-state index is 13.9. The maximum Gasteiger partial charge on any atom is 0.191 e. The molecule has 0 unspecified atom stereocenters. The molecule has 0 atom stereocenters. The molecule has 1 aliphatic carbocycles. The van der Waals surface area contributed by atoms with E-state index in [-0.39, 0.29) is 17.2 Å². The van der Waals surface area contributed by atoms with Crippen LogP contribution in [-0.4, -0.2) is 5.78 Å². The molecule has 1 nitrogen and oxygen atoms in total. The van der Waals surface area contributed by atoms with E-state index in [1.807, 2.05) is 6.08 Å². The summed E-state index contributed by atoms with van der Waals surface area (Å²) in [5, 5.41) is 0. The number of aryl methyl sites for hydroxylation is 1. The fourth-order valence-electron chi connectivity index (χ4n) is 2.39. The van der Waals surface area contributed by atoms with Gasteiger partial charge in [-0.25, -0.2) is 4.39 Å². The molecule has 0 aromatic heterocycles. The third-order valence-electron chi connectivity index (χ3n) is 3.52. The first kappa shape index (κ1) is 13.0. The van der Waals surface area contributed by atoms with E-state index in [0.29, 0.717) is 5.56 Å². The second kappa shape index (κ2) is 5.94. The predicted octanol–water partition coefficient (Wildman–Crippen LogP) is 4.60. The summed E-state index contributed by atoms with van der Waals surface area (Å²) in [6.07, 6.45) is 8.29. The summed E-state index contributed by atoms with van der Waals surface area (Å²) >= 11 is 0. The molecule has 0 fully saturated rings. The summed E-state index contributed by atoms with van der Waals surface area (Å²) in [5.74, 6) is -0.497. The Balaban J connectivity index is 2.26. The molecule has 0 saturated heterocycles. The van der Waals surface area contributed by atoms with Crippen LogP contribution in [0.5, 0.6) is 0 Å². The van der Waals surface area contributed by atoms with E-state index in [4.69, 9.17) is 0 Å². The normalized spacial score (nSPS) is 19.6. The number of ketones is 1. The van der Waals surface area contributed by atoms with Crippen LogP contribution >= 0.6 is 0 Å². The molecule has 2 heteroatoms. The molecule has 0 N–H and O–H groups in total. The molecule has 18 heavy (non-hydrogen) atoms. The van der Waals surface area contributed by atoms with Crippen molar-refractivity contribution in [3.05, 3.63) is 46.8 Å². The van der Waals surface area contributed by atoms with Gasteiger partial charge in [-0.15, -0.1) is 0 Å². The molecule has 0 saturated carbocycles. The first-order chi connectivity index (χ1) is 8.70. The Morgan fingerprint density at radius 1 is 1.17 bits per heavy atom. The molecule has 0 aliphatic heterocycles. The minimum absolute atomic E-state index is 0.127. The quantitative estimate of drug-likeness (QED) is 0.697. The number of hydrogen-bond donors (Lipinski definition) is 0. The third kappa shape index (κ3) is 2.87. The Morgan fingerprint density at radius 2 is 1.94 bits per heavy atom.